The molecule has 0 aromatic carbocycles. The van der Waals surface area contributed by atoms with Gasteiger partial charge in [-0.15, -0.1) is 15.3 Å². The third-order valence-corrected chi connectivity index (χ3v) is 3.47. The van der Waals surface area contributed by atoms with E-state index in [2.05, 4.69) is 20.6 Å². The molecule has 0 radical (unpaired) electrons. The standard InChI is InChI=1S/C12H14F3N5/c13-12(14,15)11-18-17-10-7-6-9(19-20(10)11)16-8-4-2-1-3-5-8/h6-8H,1-5H2,(H,16,19). The van der Waals surface area contributed by atoms with Gasteiger partial charge in [-0.1, -0.05) is 19.3 Å². The van der Waals surface area contributed by atoms with Crippen LogP contribution in [-0.2, 0) is 6.18 Å². The number of nitrogens with zero attached hydrogens (tertiary/aromatic N) is 4. The van der Waals surface area contributed by atoms with Crippen molar-refractivity contribution in [2.24, 2.45) is 0 Å². The van der Waals surface area contributed by atoms with E-state index in [4.69, 9.17) is 0 Å². The van der Waals surface area contributed by atoms with Crippen LogP contribution < -0.4 is 5.32 Å². The van der Waals surface area contributed by atoms with Gasteiger partial charge in [0, 0.05) is 6.04 Å². The van der Waals surface area contributed by atoms with Gasteiger partial charge in [0.15, 0.2) is 5.65 Å². The Morgan fingerprint density at radius 2 is 1.85 bits per heavy atom. The maximum atomic E-state index is 12.8. The van der Waals surface area contributed by atoms with Crippen LogP contribution in [0.5, 0.6) is 0 Å². The Morgan fingerprint density at radius 1 is 1.10 bits per heavy atom. The van der Waals surface area contributed by atoms with E-state index < -0.39 is 12.0 Å². The number of fused-ring (bicyclic) bond motifs is 1. The third kappa shape index (κ3) is 2.54. The second kappa shape index (κ2) is 4.92. The molecule has 2 heterocycles. The monoisotopic (exact) mass is 285 g/mol. The molecule has 1 saturated carbocycles. The Balaban J connectivity index is 1.89. The van der Waals surface area contributed by atoms with Gasteiger partial charge < -0.3 is 5.32 Å². The highest BCUT2D eigenvalue weighted by atomic mass is 19.4. The average molecular weight is 285 g/mol. The number of halogens is 3. The first-order valence-corrected chi connectivity index (χ1v) is 6.60. The molecule has 1 aliphatic rings. The summed E-state index contributed by atoms with van der Waals surface area (Å²) in [7, 11) is 0. The first-order valence-electron chi connectivity index (χ1n) is 6.60. The van der Waals surface area contributed by atoms with Crippen LogP contribution in [0.4, 0.5) is 19.0 Å². The van der Waals surface area contributed by atoms with E-state index in [-0.39, 0.29) is 11.7 Å². The Hall–Kier alpha value is -1.86. The summed E-state index contributed by atoms with van der Waals surface area (Å²) in [5.74, 6) is -0.672. The predicted molar refractivity (Wildman–Crippen MR) is 66.3 cm³/mol. The molecule has 0 spiro atoms. The predicted octanol–water partition coefficient (Wildman–Crippen LogP) is 2.89. The number of rotatable bonds is 2. The molecule has 0 aliphatic heterocycles. The lowest BCUT2D eigenvalue weighted by Gasteiger charge is -2.23. The van der Waals surface area contributed by atoms with Crippen molar-refractivity contribution >= 4 is 11.5 Å². The van der Waals surface area contributed by atoms with E-state index >= 15 is 0 Å². The molecule has 8 heteroatoms. The molecule has 20 heavy (non-hydrogen) atoms. The normalized spacial score (nSPS) is 17.6. The Kier molecular flexibility index (Phi) is 3.23. The topological polar surface area (TPSA) is 55.1 Å². The summed E-state index contributed by atoms with van der Waals surface area (Å²) in [5, 5.41) is 13.8. The molecule has 108 valence electrons. The molecular weight excluding hydrogens is 271 g/mol. The van der Waals surface area contributed by atoms with Gasteiger partial charge in [-0.2, -0.15) is 17.7 Å². The fourth-order valence-electron chi connectivity index (χ4n) is 2.50. The van der Waals surface area contributed by atoms with Gasteiger partial charge in [-0.3, -0.25) is 0 Å². The summed E-state index contributed by atoms with van der Waals surface area (Å²) in [6.07, 6.45) is 0.979. The molecule has 1 aliphatic carbocycles. The van der Waals surface area contributed by atoms with Crippen molar-refractivity contribution in [2.45, 2.75) is 44.3 Å². The van der Waals surface area contributed by atoms with Gasteiger partial charge in [0.2, 0.25) is 0 Å². The summed E-state index contributed by atoms with van der Waals surface area (Å²) >= 11 is 0. The maximum Gasteiger partial charge on any atom is 0.453 e. The molecule has 0 bridgehead atoms. The SMILES string of the molecule is FC(F)(F)c1nnc2ccc(NC3CCCCC3)nn12. The van der Waals surface area contributed by atoms with Gasteiger partial charge in [0.1, 0.15) is 5.82 Å². The van der Waals surface area contributed by atoms with Crippen molar-refractivity contribution < 1.29 is 13.2 Å². The smallest absolute Gasteiger partial charge is 0.366 e. The van der Waals surface area contributed by atoms with Gasteiger partial charge in [0.05, 0.1) is 0 Å². The fourth-order valence-corrected chi connectivity index (χ4v) is 2.50. The molecule has 0 atom stereocenters. The largest absolute Gasteiger partial charge is 0.453 e. The first kappa shape index (κ1) is 13.1. The molecule has 0 saturated heterocycles. The van der Waals surface area contributed by atoms with Crippen LogP contribution in [0.15, 0.2) is 12.1 Å². The Bertz CT molecular complexity index is 601. The van der Waals surface area contributed by atoms with Crippen molar-refractivity contribution in [3.8, 4) is 0 Å². The number of hydrogen-bond donors (Lipinski definition) is 1. The zero-order chi connectivity index (χ0) is 14.2. The van der Waals surface area contributed by atoms with Crippen LogP contribution >= 0.6 is 0 Å². The number of hydrogen-bond acceptors (Lipinski definition) is 4. The minimum atomic E-state index is -4.56. The molecule has 3 rings (SSSR count). The van der Waals surface area contributed by atoms with Gasteiger partial charge in [-0.05, 0) is 25.0 Å². The summed E-state index contributed by atoms with van der Waals surface area (Å²) < 4.78 is 39.0. The van der Waals surface area contributed by atoms with E-state index in [1.54, 1.807) is 6.07 Å². The average Bonchev–Trinajstić information content (AvgIpc) is 2.83. The molecular formula is C12H14F3N5. The van der Waals surface area contributed by atoms with Gasteiger partial charge in [0.25, 0.3) is 5.82 Å². The van der Waals surface area contributed by atoms with E-state index in [0.29, 0.717) is 5.82 Å². The Morgan fingerprint density at radius 3 is 2.55 bits per heavy atom. The van der Waals surface area contributed by atoms with Gasteiger partial charge >= 0.3 is 6.18 Å². The fraction of sp³-hybridized carbons (Fsp3) is 0.583. The lowest BCUT2D eigenvalue weighted by molar-refractivity contribution is -0.146. The molecule has 5 nitrogen and oxygen atoms in total. The quantitative estimate of drug-likeness (QED) is 0.921. The molecule has 0 amide bonds. The molecule has 0 unspecified atom stereocenters. The number of alkyl halides is 3. The van der Waals surface area contributed by atoms with E-state index in [9.17, 15) is 13.2 Å². The lowest BCUT2D eigenvalue weighted by Crippen LogP contribution is -2.23. The van der Waals surface area contributed by atoms with E-state index in [1.807, 2.05) is 0 Å². The van der Waals surface area contributed by atoms with Crippen LogP contribution in [0, 0.1) is 0 Å². The van der Waals surface area contributed by atoms with E-state index in [1.165, 1.54) is 12.5 Å². The highest BCUT2D eigenvalue weighted by Gasteiger charge is 2.37. The lowest BCUT2D eigenvalue weighted by atomic mass is 9.95. The van der Waals surface area contributed by atoms with E-state index in [0.717, 1.165) is 30.2 Å². The second-order valence-electron chi connectivity index (χ2n) is 4.99. The minimum Gasteiger partial charge on any atom is -0.366 e. The minimum absolute atomic E-state index is 0.0894. The third-order valence-electron chi connectivity index (χ3n) is 3.47. The molecule has 2 aromatic heterocycles. The van der Waals surface area contributed by atoms with Crippen LogP contribution in [0.2, 0.25) is 0 Å². The van der Waals surface area contributed by atoms with Crippen molar-refractivity contribution in [1.29, 1.82) is 0 Å². The summed E-state index contributed by atoms with van der Waals surface area (Å²) in [5.41, 5.74) is 0.0894. The van der Waals surface area contributed by atoms with Crippen LogP contribution in [-0.4, -0.2) is 25.9 Å². The highest BCUT2D eigenvalue weighted by molar-refractivity contribution is 5.44. The van der Waals surface area contributed by atoms with Crippen LogP contribution in [0.3, 0.4) is 0 Å². The zero-order valence-corrected chi connectivity index (χ0v) is 10.7. The van der Waals surface area contributed by atoms with Gasteiger partial charge in [-0.25, -0.2) is 0 Å². The molecule has 1 fully saturated rings. The maximum absolute atomic E-state index is 12.8. The molecule has 2 aromatic rings. The Labute approximate surface area is 113 Å². The van der Waals surface area contributed by atoms with Crippen LogP contribution in [0.1, 0.15) is 37.9 Å². The zero-order valence-electron chi connectivity index (χ0n) is 10.7. The van der Waals surface area contributed by atoms with Crippen molar-refractivity contribution in [2.75, 3.05) is 5.32 Å². The summed E-state index contributed by atoms with van der Waals surface area (Å²) in [6, 6.07) is 3.40. The summed E-state index contributed by atoms with van der Waals surface area (Å²) in [6.45, 7) is 0. The summed E-state index contributed by atoms with van der Waals surface area (Å²) in [4.78, 5) is 0. The van der Waals surface area contributed by atoms with Crippen molar-refractivity contribution in [3.05, 3.63) is 18.0 Å². The first-order chi connectivity index (χ1) is 9.54. The molecule has 1 N–H and O–H groups in total. The number of nitrogens with one attached hydrogen (secondary N) is 1. The second-order valence-corrected chi connectivity index (χ2v) is 4.99. The highest BCUT2D eigenvalue weighted by Crippen LogP contribution is 2.28. The number of aromatic nitrogens is 4. The van der Waals surface area contributed by atoms with Crippen LogP contribution in [0.25, 0.3) is 5.65 Å². The van der Waals surface area contributed by atoms with Crippen molar-refractivity contribution in [3.63, 3.8) is 0 Å². The number of anilines is 1. The van der Waals surface area contributed by atoms with Crippen molar-refractivity contribution in [1.82, 2.24) is 19.8 Å².